The molecule has 0 aliphatic heterocycles. The number of benzene rings is 1. The summed E-state index contributed by atoms with van der Waals surface area (Å²) in [5.41, 5.74) is 6.01. The summed E-state index contributed by atoms with van der Waals surface area (Å²) in [5, 5.41) is 0. The Morgan fingerprint density at radius 1 is 1.41 bits per heavy atom. The van der Waals surface area contributed by atoms with Gasteiger partial charge in [-0.2, -0.15) is 0 Å². The third kappa shape index (κ3) is 1.91. The van der Waals surface area contributed by atoms with E-state index in [1.807, 2.05) is 0 Å². The molecule has 3 nitrogen and oxygen atoms in total. The fraction of sp³-hybridized carbons (Fsp3) is 0.500. The predicted octanol–water partition coefficient (Wildman–Crippen LogP) is 2.60. The van der Waals surface area contributed by atoms with Crippen molar-refractivity contribution in [3.63, 3.8) is 0 Å². The molecule has 0 heterocycles. The molecule has 0 saturated heterocycles. The Morgan fingerprint density at radius 3 is 2.47 bits per heavy atom. The number of ether oxygens (including phenoxy) is 2. The second-order valence-electron chi connectivity index (χ2n) is 4.27. The average molecular weight is 304 g/mol. The fourth-order valence-corrected chi connectivity index (χ4v) is 2.53. The Morgan fingerprint density at radius 2 is 2.06 bits per heavy atom. The zero-order chi connectivity index (χ0) is 12.6. The standard InChI is InChI=1S/C12H15BrFNO2/c1-16-8-5-7(13)10(14)9(11(8)17-2)12(6-15)3-4-12/h5H,3-4,6,15H2,1-2H3. The second kappa shape index (κ2) is 4.46. The Hall–Kier alpha value is -0.810. The maximum Gasteiger partial charge on any atom is 0.167 e. The highest BCUT2D eigenvalue weighted by Gasteiger charge is 2.48. The van der Waals surface area contributed by atoms with Crippen LogP contribution >= 0.6 is 15.9 Å². The van der Waals surface area contributed by atoms with Crippen molar-refractivity contribution >= 4 is 15.9 Å². The maximum atomic E-state index is 14.3. The molecule has 2 rings (SSSR count). The number of methoxy groups -OCH3 is 2. The molecule has 1 aromatic carbocycles. The highest BCUT2D eigenvalue weighted by atomic mass is 79.9. The minimum absolute atomic E-state index is 0.285. The van der Waals surface area contributed by atoms with Crippen LogP contribution in [0.25, 0.3) is 0 Å². The van der Waals surface area contributed by atoms with Crippen LogP contribution in [0.15, 0.2) is 10.5 Å². The molecule has 1 aromatic rings. The van der Waals surface area contributed by atoms with E-state index in [1.54, 1.807) is 6.07 Å². The van der Waals surface area contributed by atoms with Crippen LogP contribution in [0.3, 0.4) is 0 Å². The van der Waals surface area contributed by atoms with E-state index < -0.39 is 0 Å². The molecule has 1 aliphatic carbocycles. The zero-order valence-corrected chi connectivity index (χ0v) is 11.4. The third-order valence-electron chi connectivity index (χ3n) is 3.34. The van der Waals surface area contributed by atoms with Crippen LogP contribution in [0.2, 0.25) is 0 Å². The van der Waals surface area contributed by atoms with Crippen LogP contribution < -0.4 is 15.2 Å². The molecule has 0 atom stereocenters. The van der Waals surface area contributed by atoms with Gasteiger partial charge in [-0.1, -0.05) is 0 Å². The van der Waals surface area contributed by atoms with Gasteiger partial charge in [0.2, 0.25) is 0 Å². The summed E-state index contributed by atoms with van der Waals surface area (Å²) in [5.74, 6) is 0.678. The van der Waals surface area contributed by atoms with Crippen LogP contribution in [0.1, 0.15) is 18.4 Å². The van der Waals surface area contributed by atoms with E-state index in [0.29, 0.717) is 28.1 Å². The maximum absolute atomic E-state index is 14.3. The molecule has 1 saturated carbocycles. The fourth-order valence-electron chi connectivity index (χ4n) is 2.12. The van der Waals surface area contributed by atoms with Gasteiger partial charge < -0.3 is 15.2 Å². The molecule has 0 radical (unpaired) electrons. The Labute approximate surface area is 108 Å². The van der Waals surface area contributed by atoms with Crippen LogP contribution in [0.5, 0.6) is 11.5 Å². The van der Waals surface area contributed by atoms with Crippen LogP contribution in [-0.2, 0) is 5.41 Å². The van der Waals surface area contributed by atoms with Gasteiger partial charge in [-0.25, -0.2) is 4.39 Å². The van der Waals surface area contributed by atoms with Crippen molar-refractivity contribution in [3.05, 3.63) is 21.9 Å². The lowest BCUT2D eigenvalue weighted by molar-refractivity contribution is 0.343. The first-order valence-electron chi connectivity index (χ1n) is 5.40. The molecule has 0 bridgehead atoms. The van der Waals surface area contributed by atoms with Crippen molar-refractivity contribution in [2.24, 2.45) is 5.73 Å². The van der Waals surface area contributed by atoms with Gasteiger partial charge in [0.05, 0.1) is 18.7 Å². The Bertz CT molecular complexity index is 447. The van der Waals surface area contributed by atoms with E-state index in [9.17, 15) is 4.39 Å². The van der Waals surface area contributed by atoms with E-state index in [2.05, 4.69) is 15.9 Å². The van der Waals surface area contributed by atoms with Crippen LogP contribution in [-0.4, -0.2) is 20.8 Å². The molecule has 0 spiro atoms. The SMILES string of the molecule is COc1cc(Br)c(F)c(C2(CN)CC2)c1OC. The van der Waals surface area contributed by atoms with Gasteiger partial charge in [0.25, 0.3) is 0 Å². The minimum atomic E-state index is -0.300. The first-order chi connectivity index (χ1) is 8.09. The molecule has 0 unspecified atom stereocenters. The number of nitrogens with two attached hydrogens (primary N) is 1. The quantitative estimate of drug-likeness (QED) is 0.930. The number of hydrogen-bond donors (Lipinski definition) is 1. The lowest BCUT2D eigenvalue weighted by Crippen LogP contribution is -2.22. The predicted molar refractivity (Wildman–Crippen MR) is 67.2 cm³/mol. The highest BCUT2D eigenvalue weighted by Crippen LogP contribution is 2.54. The summed E-state index contributed by atoms with van der Waals surface area (Å²) in [6.45, 7) is 0.417. The van der Waals surface area contributed by atoms with Crippen molar-refractivity contribution in [3.8, 4) is 11.5 Å². The van der Waals surface area contributed by atoms with Gasteiger partial charge in [-0.05, 0) is 28.8 Å². The topological polar surface area (TPSA) is 44.5 Å². The first kappa shape index (κ1) is 12.6. The largest absolute Gasteiger partial charge is 0.493 e. The van der Waals surface area contributed by atoms with Gasteiger partial charge in [0.15, 0.2) is 11.5 Å². The molecule has 5 heteroatoms. The van der Waals surface area contributed by atoms with Gasteiger partial charge >= 0.3 is 0 Å². The molecule has 1 fully saturated rings. The third-order valence-corrected chi connectivity index (χ3v) is 3.91. The monoisotopic (exact) mass is 303 g/mol. The zero-order valence-electron chi connectivity index (χ0n) is 9.85. The molecular weight excluding hydrogens is 289 g/mol. The number of rotatable bonds is 4. The molecular formula is C12H15BrFNO2. The van der Waals surface area contributed by atoms with Crippen molar-refractivity contribution < 1.29 is 13.9 Å². The summed E-state index contributed by atoms with van der Waals surface area (Å²) in [6.07, 6.45) is 1.77. The highest BCUT2D eigenvalue weighted by molar-refractivity contribution is 9.10. The normalized spacial score (nSPS) is 16.8. The molecule has 17 heavy (non-hydrogen) atoms. The van der Waals surface area contributed by atoms with Crippen molar-refractivity contribution in [2.75, 3.05) is 20.8 Å². The van der Waals surface area contributed by atoms with E-state index in [-0.39, 0.29) is 11.2 Å². The molecule has 94 valence electrons. The van der Waals surface area contributed by atoms with E-state index in [1.165, 1.54) is 14.2 Å². The van der Waals surface area contributed by atoms with Gasteiger partial charge in [0.1, 0.15) is 5.82 Å². The minimum Gasteiger partial charge on any atom is -0.493 e. The van der Waals surface area contributed by atoms with Crippen molar-refractivity contribution in [1.82, 2.24) is 0 Å². The molecule has 2 N–H and O–H groups in total. The second-order valence-corrected chi connectivity index (χ2v) is 5.12. The molecule has 0 aromatic heterocycles. The van der Waals surface area contributed by atoms with Crippen molar-refractivity contribution in [1.29, 1.82) is 0 Å². The number of halogens is 2. The van der Waals surface area contributed by atoms with Crippen molar-refractivity contribution in [2.45, 2.75) is 18.3 Å². The van der Waals surface area contributed by atoms with E-state index >= 15 is 0 Å². The Balaban J connectivity index is 2.66. The number of hydrogen-bond acceptors (Lipinski definition) is 3. The van der Waals surface area contributed by atoms with E-state index in [0.717, 1.165) is 12.8 Å². The van der Waals surface area contributed by atoms with Gasteiger partial charge in [0, 0.05) is 23.6 Å². The van der Waals surface area contributed by atoms with E-state index in [4.69, 9.17) is 15.2 Å². The summed E-state index contributed by atoms with van der Waals surface area (Å²) in [6, 6.07) is 1.57. The summed E-state index contributed by atoms with van der Waals surface area (Å²) in [7, 11) is 3.05. The van der Waals surface area contributed by atoms with Crippen LogP contribution in [0, 0.1) is 5.82 Å². The van der Waals surface area contributed by atoms with Crippen LogP contribution in [0.4, 0.5) is 4.39 Å². The first-order valence-corrected chi connectivity index (χ1v) is 6.19. The lowest BCUT2D eigenvalue weighted by Gasteiger charge is -2.20. The van der Waals surface area contributed by atoms with Gasteiger partial charge in [-0.3, -0.25) is 0 Å². The summed E-state index contributed by atoms with van der Waals surface area (Å²) >= 11 is 3.20. The molecule has 1 aliphatic rings. The summed E-state index contributed by atoms with van der Waals surface area (Å²) < 4.78 is 25.1. The van der Waals surface area contributed by atoms with Gasteiger partial charge in [-0.15, -0.1) is 0 Å². The smallest absolute Gasteiger partial charge is 0.167 e. The summed E-state index contributed by atoms with van der Waals surface area (Å²) in [4.78, 5) is 0. The molecule has 0 amide bonds. The Kier molecular flexibility index (Phi) is 3.32. The lowest BCUT2D eigenvalue weighted by atomic mass is 9.94. The average Bonchev–Trinajstić information content (AvgIpc) is 3.12.